The van der Waals surface area contributed by atoms with Crippen molar-refractivity contribution in [1.29, 1.82) is 0 Å². The van der Waals surface area contributed by atoms with Crippen LogP contribution in [0.2, 0.25) is 0 Å². The fourth-order valence-electron chi connectivity index (χ4n) is 3.06. The number of carbonyl (C=O) groups excluding carboxylic acids is 1. The number of aliphatic hydroxyl groups is 1. The minimum atomic E-state index is -0.498. The van der Waals surface area contributed by atoms with Gasteiger partial charge in [-0.2, -0.15) is 0 Å². The maximum absolute atomic E-state index is 12.4. The maximum Gasteiger partial charge on any atom is 0.263 e. The second kappa shape index (κ2) is 7.14. The number of aryl methyl sites for hydroxylation is 1. The molecule has 0 radical (unpaired) electrons. The standard InChI is InChI=1S/C18H27NO3/c1-12(2)17-6-5-16(9-13(17)3)22-14(4)18(21)19-8-7-15(10-19)11-20/h5-6,9,12,14-15,20H,7-8,10-11H2,1-4H3. The van der Waals surface area contributed by atoms with Crippen molar-refractivity contribution in [3.8, 4) is 5.75 Å². The van der Waals surface area contributed by atoms with Gasteiger partial charge in [-0.1, -0.05) is 19.9 Å². The van der Waals surface area contributed by atoms with Gasteiger partial charge < -0.3 is 14.7 Å². The second-order valence-corrected chi connectivity index (χ2v) is 6.55. The predicted molar refractivity (Wildman–Crippen MR) is 87.1 cm³/mol. The number of hydrogen-bond acceptors (Lipinski definition) is 3. The van der Waals surface area contributed by atoms with E-state index in [1.54, 1.807) is 11.8 Å². The SMILES string of the molecule is Cc1cc(OC(C)C(=O)N2CCC(CO)C2)ccc1C(C)C. The molecule has 122 valence electrons. The molecular weight excluding hydrogens is 278 g/mol. The Balaban J connectivity index is 1.98. The molecule has 2 rings (SSSR count). The number of rotatable bonds is 5. The lowest BCUT2D eigenvalue weighted by atomic mass is 9.98. The summed E-state index contributed by atoms with van der Waals surface area (Å²) in [6.45, 7) is 9.69. The van der Waals surface area contributed by atoms with Crippen LogP contribution in [0.1, 0.15) is 44.2 Å². The lowest BCUT2D eigenvalue weighted by molar-refractivity contribution is -0.137. The zero-order valence-electron chi connectivity index (χ0n) is 14.0. The van der Waals surface area contributed by atoms with E-state index in [9.17, 15) is 9.90 Å². The summed E-state index contributed by atoms with van der Waals surface area (Å²) in [6, 6.07) is 6.01. The molecule has 4 nitrogen and oxygen atoms in total. The molecule has 0 spiro atoms. The van der Waals surface area contributed by atoms with Crippen LogP contribution >= 0.6 is 0 Å². The molecule has 22 heavy (non-hydrogen) atoms. The van der Waals surface area contributed by atoms with Gasteiger partial charge in [-0.3, -0.25) is 4.79 Å². The molecule has 0 bridgehead atoms. The number of hydrogen-bond donors (Lipinski definition) is 1. The molecule has 0 aliphatic carbocycles. The lowest BCUT2D eigenvalue weighted by Crippen LogP contribution is -2.39. The minimum Gasteiger partial charge on any atom is -0.481 e. The van der Waals surface area contributed by atoms with Crippen LogP contribution in [0.25, 0.3) is 0 Å². The van der Waals surface area contributed by atoms with Gasteiger partial charge in [0.25, 0.3) is 5.91 Å². The highest BCUT2D eigenvalue weighted by Gasteiger charge is 2.29. The molecule has 2 unspecified atom stereocenters. The molecule has 1 aromatic carbocycles. The Labute approximate surface area is 133 Å². The minimum absolute atomic E-state index is 0.00143. The van der Waals surface area contributed by atoms with Crippen LogP contribution in [-0.2, 0) is 4.79 Å². The molecule has 1 amide bonds. The van der Waals surface area contributed by atoms with Gasteiger partial charge in [-0.25, -0.2) is 0 Å². The van der Waals surface area contributed by atoms with E-state index >= 15 is 0 Å². The average molecular weight is 305 g/mol. The summed E-state index contributed by atoms with van der Waals surface area (Å²) < 4.78 is 5.82. The molecule has 1 heterocycles. The van der Waals surface area contributed by atoms with E-state index in [0.29, 0.717) is 19.0 Å². The summed E-state index contributed by atoms with van der Waals surface area (Å²) in [4.78, 5) is 14.2. The molecule has 1 aliphatic rings. The summed E-state index contributed by atoms with van der Waals surface area (Å²) in [5, 5.41) is 9.17. The number of ether oxygens (including phenoxy) is 1. The van der Waals surface area contributed by atoms with Gasteiger partial charge in [-0.05, 0) is 49.4 Å². The van der Waals surface area contributed by atoms with E-state index < -0.39 is 6.10 Å². The molecule has 1 N–H and O–H groups in total. The zero-order chi connectivity index (χ0) is 16.3. The first-order valence-electron chi connectivity index (χ1n) is 8.09. The van der Waals surface area contributed by atoms with Gasteiger partial charge in [-0.15, -0.1) is 0 Å². The Bertz CT molecular complexity index is 527. The fraction of sp³-hybridized carbons (Fsp3) is 0.611. The van der Waals surface area contributed by atoms with E-state index in [4.69, 9.17) is 4.74 Å². The van der Waals surface area contributed by atoms with Crippen molar-refractivity contribution in [2.24, 2.45) is 5.92 Å². The third kappa shape index (κ3) is 3.80. The highest BCUT2D eigenvalue weighted by molar-refractivity contribution is 5.81. The van der Waals surface area contributed by atoms with E-state index in [2.05, 4.69) is 26.8 Å². The monoisotopic (exact) mass is 305 g/mol. The van der Waals surface area contributed by atoms with Crippen LogP contribution < -0.4 is 4.74 Å². The van der Waals surface area contributed by atoms with Gasteiger partial charge >= 0.3 is 0 Å². The van der Waals surface area contributed by atoms with Crippen molar-refractivity contribution in [3.63, 3.8) is 0 Å². The van der Waals surface area contributed by atoms with Crippen LogP contribution in [0.3, 0.4) is 0 Å². The Morgan fingerprint density at radius 3 is 2.68 bits per heavy atom. The maximum atomic E-state index is 12.4. The van der Waals surface area contributed by atoms with Crippen molar-refractivity contribution in [2.75, 3.05) is 19.7 Å². The molecule has 1 aromatic rings. The van der Waals surface area contributed by atoms with Crippen molar-refractivity contribution in [3.05, 3.63) is 29.3 Å². The van der Waals surface area contributed by atoms with Gasteiger partial charge in [0.15, 0.2) is 6.10 Å². The van der Waals surface area contributed by atoms with Crippen molar-refractivity contribution < 1.29 is 14.6 Å². The first-order valence-corrected chi connectivity index (χ1v) is 8.09. The van der Waals surface area contributed by atoms with Gasteiger partial charge in [0, 0.05) is 25.6 Å². The third-order valence-corrected chi connectivity index (χ3v) is 4.38. The average Bonchev–Trinajstić information content (AvgIpc) is 2.95. The number of carbonyl (C=O) groups is 1. The summed E-state index contributed by atoms with van der Waals surface area (Å²) in [5.74, 6) is 1.43. The highest BCUT2D eigenvalue weighted by atomic mass is 16.5. The van der Waals surface area contributed by atoms with Crippen LogP contribution in [0.5, 0.6) is 5.75 Å². The second-order valence-electron chi connectivity index (χ2n) is 6.55. The van der Waals surface area contributed by atoms with E-state index in [-0.39, 0.29) is 18.4 Å². The summed E-state index contributed by atoms with van der Waals surface area (Å²) >= 11 is 0. The predicted octanol–water partition coefficient (Wildman–Crippen LogP) is 2.73. The van der Waals surface area contributed by atoms with Crippen LogP contribution in [0, 0.1) is 12.8 Å². The highest BCUT2D eigenvalue weighted by Crippen LogP contribution is 2.25. The number of nitrogens with zero attached hydrogens (tertiary/aromatic N) is 1. The topological polar surface area (TPSA) is 49.8 Å². The summed E-state index contributed by atoms with van der Waals surface area (Å²) in [5.41, 5.74) is 2.49. The van der Waals surface area contributed by atoms with Crippen LogP contribution in [-0.4, -0.2) is 41.7 Å². The van der Waals surface area contributed by atoms with Crippen LogP contribution in [0.4, 0.5) is 0 Å². The smallest absolute Gasteiger partial charge is 0.263 e. The molecule has 1 fully saturated rings. The van der Waals surface area contributed by atoms with Gasteiger partial charge in [0.1, 0.15) is 5.75 Å². The molecule has 4 heteroatoms. The van der Waals surface area contributed by atoms with Crippen molar-refractivity contribution in [1.82, 2.24) is 4.90 Å². The molecule has 1 aliphatic heterocycles. The normalized spacial score (nSPS) is 19.5. The van der Waals surface area contributed by atoms with E-state index in [1.807, 2.05) is 12.1 Å². The Hall–Kier alpha value is -1.55. The first-order chi connectivity index (χ1) is 10.4. The zero-order valence-corrected chi connectivity index (χ0v) is 14.0. The lowest BCUT2D eigenvalue weighted by Gasteiger charge is -2.22. The van der Waals surface area contributed by atoms with Gasteiger partial charge in [0.2, 0.25) is 0 Å². The van der Waals surface area contributed by atoms with E-state index in [0.717, 1.165) is 12.2 Å². The number of benzene rings is 1. The largest absolute Gasteiger partial charge is 0.481 e. The summed E-state index contributed by atoms with van der Waals surface area (Å²) in [6.07, 6.45) is 0.374. The molecule has 0 aromatic heterocycles. The molecule has 1 saturated heterocycles. The quantitative estimate of drug-likeness (QED) is 0.910. The van der Waals surface area contributed by atoms with E-state index in [1.165, 1.54) is 11.1 Å². The van der Waals surface area contributed by atoms with Crippen LogP contribution in [0.15, 0.2) is 18.2 Å². The Kier molecular flexibility index (Phi) is 5.46. The molecule has 2 atom stereocenters. The number of aliphatic hydroxyl groups excluding tert-OH is 1. The molecule has 0 saturated carbocycles. The molecular formula is C18H27NO3. The Morgan fingerprint density at radius 2 is 2.14 bits per heavy atom. The first kappa shape index (κ1) is 16.8. The Morgan fingerprint density at radius 1 is 1.41 bits per heavy atom. The van der Waals surface area contributed by atoms with Gasteiger partial charge in [0.05, 0.1) is 0 Å². The van der Waals surface area contributed by atoms with Crippen molar-refractivity contribution in [2.45, 2.75) is 46.1 Å². The number of likely N-dealkylation sites (tertiary alicyclic amines) is 1. The summed E-state index contributed by atoms with van der Waals surface area (Å²) in [7, 11) is 0. The number of amides is 1. The third-order valence-electron chi connectivity index (χ3n) is 4.38. The fourth-order valence-corrected chi connectivity index (χ4v) is 3.06. The van der Waals surface area contributed by atoms with Crippen molar-refractivity contribution >= 4 is 5.91 Å².